The maximum absolute atomic E-state index is 12.3. The smallest absolute Gasteiger partial charge is 0.262 e. The van der Waals surface area contributed by atoms with Crippen molar-refractivity contribution in [3.8, 4) is 5.75 Å². The lowest BCUT2D eigenvalue weighted by atomic mass is 10.2. The van der Waals surface area contributed by atoms with Gasteiger partial charge in [0.05, 0.1) is 21.4 Å². The second-order valence-electron chi connectivity index (χ2n) is 6.22. The summed E-state index contributed by atoms with van der Waals surface area (Å²) in [5.41, 5.74) is 1.82. The van der Waals surface area contributed by atoms with Gasteiger partial charge in [0.25, 0.3) is 5.91 Å². The number of ether oxygens (including phenoxy) is 1. The van der Waals surface area contributed by atoms with Crippen LogP contribution in [0.4, 0.5) is 11.4 Å². The van der Waals surface area contributed by atoms with Crippen LogP contribution >= 0.6 is 23.2 Å². The summed E-state index contributed by atoms with van der Waals surface area (Å²) in [4.78, 5) is 16.9. The van der Waals surface area contributed by atoms with E-state index >= 15 is 0 Å². The molecule has 0 atom stereocenters. The van der Waals surface area contributed by atoms with Gasteiger partial charge in [0.15, 0.2) is 6.61 Å². The number of amides is 1. The minimum absolute atomic E-state index is 0.102. The number of anilines is 2. The van der Waals surface area contributed by atoms with Crippen molar-refractivity contribution in [2.75, 3.05) is 50.1 Å². The molecule has 1 amide bonds. The van der Waals surface area contributed by atoms with E-state index in [1.807, 2.05) is 24.3 Å². The van der Waals surface area contributed by atoms with Crippen LogP contribution in [0.3, 0.4) is 0 Å². The second kappa shape index (κ2) is 8.62. The Bertz CT molecular complexity index is 777. The van der Waals surface area contributed by atoms with Crippen molar-refractivity contribution in [2.24, 2.45) is 0 Å². The van der Waals surface area contributed by atoms with E-state index in [9.17, 15) is 4.79 Å². The molecule has 0 saturated carbocycles. The van der Waals surface area contributed by atoms with Crippen LogP contribution in [-0.2, 0) is 4.79 Å². The quantitative estimate of drug-likeness (QED) is 0.839. The van der Waals surface area contributed by atoms with Crippen LogP contribution in [0.2, 0.25) is 10.0 Å². The SMILES string of the molecule is CN1CCN(c2ccccc2NC(=O)COc2ccc(Cl)c(Cl)c2)CC1. The van der Waals surface area contributed by atoms with Crippen molar-refractivity contribution in [3.05, 3.63) is 52.5 Å². The Balaban J connectivity index is 1.61. The molecular formula is C19H21Cl2N3O2. The molecule has 3 rings (SSSR count). The van der Waals surface area contributed by atoms with E-state index in [0.29, 0.717) is 15.8 Å². The van der Waals surface area contributed by atoms with E-state index in [1.165, 1.54) is 0 Å². The fraction of sp³-hybridized carbons (Fsp3) is 0.316. The summed E-state index contributed by atoms with van der Waals surface area (Å²) >= 11 is 11.8. The molecule has 2 aromatic carbocycles. The number of halogens is 2. The van der Waals surface area contributed by atoms with Crippen LogP contribution in [-0.4, -0.2) is 50.6 Å². The predicted octanol–water partition coefficient (Wildman–Crippen LogP) is 3.76. The highest BCUT2D eigenvalue weighted by Crippen LogP contribution is 2.28. The van der Waals surface area contributed by atoms with E-state index in [1.54, 1.807) is 18.2 Å². The van der Waals surface area contributed by atoms with Gasteiger partial charge in [-0.2, -0.15) is 0 Å². The third-order valence-electron chi connectivity index (χ3n) is 4.28. The molecule has 1 fully saturated rings. The molecule has 1 aliphatic rings. The van der Waals surface area contributed by atoms with Gasteiger partial charge in [0.2, 0.25) is 0 Å². The number of carbonyl (C=O) groups excluding carboxylic acids is 1. The molecule has 1 saturated heterocycles. The lowest BCUT2D eigenvalue weighted by Gasteiger charge is -2.35. The van der Waals surface area contributed by atoms with Crippen LogP contribution in [0.15, 0.2) is 42.5 Å². The van der Waals surface area contributed by atoms with Crippen LogP contribution < -0.4 is 15.0 Å². The van der Waals surface area contributed by atoms with Gasteiger partial charge in [-0.15, -0.1) is 0 Å². The van der Waals surface area contributed by atoms with Gasteiger partial charge in [0.1, 0.15) is 5.75 Å². The summed E-state index contributed by atoms with van der Waals surface area (Å²) in [6.45, 7) is 3.77. The summed E-state index contributed by atoms with van der Waals surface area (Å²) in [6, 6.07) is 12.7. The van der Waals surface area contributed by atoms with Gasteiger partial charge in [-0.25, -0.2) is 0 Å². The molecule has 1 heterocycles. The molecule has 0 radical (unpaired) electrons. The summed E-state index contributed by atoms with van der Waals surface area (Å²) in [7, 11) is 2.12. The zero-order chi connectivity index (χ0) is 18.5. The second-order valence-corrected chi connectivity index (χ2v) is 7.03. The fourth-order valence-electron chi connectivity index (χ4n) is 2.80. The first-order valence-electron chi connectivity index (χ1n) is 8.43. The average molecular weight is 394 g/mol. The van der Waals surface area contributed by atoms with E-state index < -0.39 is 0 Å². The van der Waals surface area contributed by atoms with Crippen LogP contribution in [0.1, 0.15) is 0 Å². The summed E-state index contributed by atoms with van der Waals surface area (Å²) in [5.74, 6) is 0.277. The van der Waals surface area contributed by atoms with E-state index in [0.717, 1.165) is 37.6 Å². The molecule has 7 heteroatoms. The summed E-state index contributed by atoms with van der Waals surface area (Å²) in [5, 5.41) is 3.78. The third kappa shape index (κ3) is 4.81. The van der Waals surface area contributed by atoms with Gasteiger partial charge in [-0.1, -0.05) is 35.3 Å². The van der Waals surface area contributed by atoms with E-state index in [-0.39, 0.29) is 12.5 Å². The lowest BCUT2D eigenvalue weighted by Crippen LogP contribution is -2.44. The van der Waals surface area contributed by atoms with Gasteiger partial charge in [-0.3, -0.25) is 4.79 Å². The Morgan fingerprint density at radius 1 is 1.08 bits per heavy atom. The molecule has 0 aliphatic carbocycles. The fourth-order valence-corrected chi connectivity index (χ4v) is 3.09. The monoisotopic (exact) mass is 393 g/mol. The molecule has 138 valence electrons. The number of hydrogen-bond acceptors (Lipinski definition) is 4. The summed E-state index contributed by atoms with van der Waals surface area (Å²) in [6.07, 6.45) is 0. The molecule has 2 aromatic rings. The molecular weight excluding hydrogens is 373 g/mol. The normalized spacial score (nSPS) is 15.0. The molecule has 0 aromatic heterocycles. The molecule has 0 unspecified atom stereocenters. The number of piperazine rings is 1. The highest BCUT2D eigenvalue weighted by Gasteiger charge is 2.17. The number of rotatable bonds is 5. The topological polar surface area (TPSA) is 44.8 Å². The number of benzene rings is 2. The van der Waals surface area contributed by atoms with E-state index in [4.69, 9.17) is 27.9 Å². The first kappa shape index (κ1) is 18.8. The Hall–Kier alpha value is -1.95. The Kier molecular flexibility index (Phi) is 6.25. The Morgan fingerprint density at radius 3 is 2.54 bits per heavy atom. The number of nitrogens with zero attached hydrogens (tertiary/aromatic N) is 2. The van der Waals surface area contributed by atoms with E-state index in [2.05, 4.69) is 22.2 Å². The van der Waals surface area contributed by atoms with Crippen molar-refractivity contribution in [3.63, 3.8) is 0 Å². The third-order valence-corrected chi connectivity index (χ3v) is 5.02. The number of para-hydroxylation sites is 2. The largest absolute Gasteiger partial charge is 0.484 e. The highest BCUT2D eigenvalue weighted by molar-refractivity contribution is 6.42. The van der Waals surface area contributed by atoms with Gasteiger partial charge in [0, 0.05) is 32.2 Å². The average Bonchev–Trinajstić information content (AvgIpc) is 2.64. The lowest BCUT2D eigenvalue weighted by molar-refractivity contribution is -0.118. The highest BCUT2D eigenvalue weighted by atomic mass is 35.5. The van der Waals surface area contributed by atoms with Crippen molar-refractivity contribution in [1.82, 2.24) is 4.90 Å². The van der Waals surface area contributed by atoms with Crippen LogP contribution in [0.25, 0.3) is 0 Å². The van der Waals surface area contributed by atoms with Crippen LogP contribution in [0, 0.1) is 0 Å². The van der Waals surface area contributed by atoms with Crippen molar-refractivity contribution >= 4 is 40.5 Å². The summed E-state index contributed by atoms with van der Waals surface area (Å²) < 4.78 is 5.50. The predicted molar refractivity (Wildman–Crippen MR) is 107 cm³/mol. The number of carbonyl (C=O) groups is 1. The number of hydrogen-bond donors (Lipinski definition) is 1. The molecule has 5 nitrogen and oxygen atoms in total. The van der Waals surface area contributed by atoms with Gasteiger partial charge < -0.3 is 19.9 Å². The Labute approximate surface area is 163 Å². The minimum atomic E-state index is -0.224. The van der Waals surface area contributed by atoms with Crippen LogP contribution in [0.5, 0.6) is 5.75 Å². The maximum atomic E-state index is 12.3. The molecule has 0 bridgehead atoms. The standard InChI is InChI=1S/C19H21Cl2N3O2/c1-23-8-10-24(11-9-23)18-5-3-2-4-17(18)22-19(25)13-26-14-6-7-15(20)16(21)12-14/h2-7,12H,8-11,13H2,1H3,(H,22,25). The number of nitrogens with one attached hydrogen (secondary N) is 1. The zero-order valence-corrected chi connectivity index (χ0v) is 16.1. The number of likely N-dealkylation sites (N-methyl/N-ethyl adjacent to an activating group) is 1. The zero-order valence-electron chi connectivity index (χ0n) is 14.5. The maximum Gasteiger partial charge on any atom is 0.262 e. The Morgan fingerprint density at radius 2 is 1.81 bits per heavy atom. The first-order valence-corrected chi connectivity index (χ1v) is 9.19. The first-order chi connectivity index (χ1) is 12.5. The van der Waals surface area contributed by atoms with Gasteiger partial charge in [-0.05, 0) is 31.3 Å². The molecule has 0 spiro atoms. The van der Waals surface area contributed by atoms with Crippen molar-refractivity contribution < 1.29 is 9.53 Å². The molecule has 26 heavy (non-hydrogen) atoms. The van der Waals surface area contributed by atoms with Crippen molar-refractivity contribution in [2.45, 2.75) is 0 Å². The van der Waals surface area contributed by atoms with Crippen molar-refractivity contribution in [1.29, 1.82) is 0 Å². The molecule has 1 N–H and O–H groups in total. The van der Waals surface area contributed by atoms with Gasteiger partial charge >= 0.3 is 0 Å². The molecule has 1 aliphatic heterocycles. The minimum Gasteiger partial charge on any atom is -0.484 e.